The number of nitrogens with two attached hydrogens (primary N) is 1. The lowest BCUT2D eigenvalue weighted by Gasteiger charge is -2.45. The third-order valence-electron chi connectivity index (χ3n) is 5.35. The van der Waals surface area contributed by atoms with Gasteiger partial charge < -0.3 is 34.7 Å². The zero-order chi connectivity index (χ0) is 25.4. The van der Waals surface area contributed by atoms with E-state index in [0.717, 1.165) is 0 Å². The van der Waals surface area contributed by atoms with Gasteiger partial charge in [0.25, 0.3) is 0 Å². The Morgan fingerprint density at radius 3 is 2.09 bits per heavy atom. The number of ether oxygens (including phenoxy) is 5. The summed E-state index contributed by atoms with van der Waals surface area (Å²) in [5.41, 5.74) is 5.29. The van der Waals surface area contributed by atoms with Crippen molar-refractivity contribution in [2.45, 2.75) is 79.9 Å². The SMILES string of the molecule is CC(=O)NC1C(OCC(C)(C)COCC(C)(C)CN)OC(COC(C)=O)C(OC(C)=O)C1C. The standard InChI is InChI=1S/C23H42N2O8/c1-14-19(25-15(2)26)21(31-13-23(7,8)12-29-11-22(5,6)10-24)33-18(9-30-16(3)27)20(14)32-17(4)28/h14,18-21H,9-13,24H2,1-8H3,(H,25,26). The maximum absolute atomic E-state index is 11.9. The lowest BCUT2D eigenvalue weighted by Crippen LogP contribution is -2.62. The molecule has 10 heteroatoms. The Labute approximate surface area is 197 Å². The lowest BCUT2D eigenvalue weighted by atomic mass is 9.88. The summed E-state index contributed by atoms with van der Waals surface area (Å²) in [7, 11) is 0. The van der Waals surface area contributed by atoms with Crippen LogP contribution in [0.4, 0.5) is 0 Å². The third-order valence-corrected chi connectivity index (χ3v) is 5.35. The van der Waals surface area contributed by atoms with Gasteiger partial charge in [-0.1, -0.05) is 34.6 Å². The molecule has 1 amide bonds. The van der Waals surface area contributed by atoms with Crippen LogP contribution in [0.1, 0.15) is 55.4 Å². The van der Waals surface area contributed by atoms with Crippen LogP contribution in [0.2, 0.25) is 0 Å². The average Bonchev–Trinajstić information content (AvgIpc) is 2.68. The van der Waals surface area contributed by atoms with E-state index in [1.807, 2.05) is 34.6 Å². The first-order valence-corrected chi connectivity index (χ1v) is 11.3. The highest BCUT2D eigenvalue weighted by Crippen LogP contribution is 2.31. The van der Waals surface area contributed by atoms with E-state index in [9.17, 15) is 14.4 Å². The summed E-state index contributed by atoms with van der Waals surface area (Å²) >= 11 is 0. The molecule has 0 aromatic carbocycles. The smallest absolute Gasteiger partial charge is 0.303 e. The maximum atomic E-state index is 11.9. The van der Waals surface area contributed by atoms with Crippen LogP contribution < -0.4 is 11.1 Å². The highest BCUT2D eigenvalue weighted by atomic mass is 16.7. The van der Waals surface area contributed by atoms with E-state index in [1.165, 1.54) is 20.8 Å². The van der Waals surface area contributed by atoms with E-state index in [4.69, 9.17) is 29.4 Å². The molecule has 1 aliphatic heterocycles. The van der Waals surface area contributed by atoms with E-state index in [-0.39, 0.29) is 35.9 Å². The molecule has 0 radical (unpaired) electrons. The summed E-state index contributed by atoms with van der Waals surface area (Å²) in [4.78, 5) is 34.9. The predicted octanol–water partition coefficient (Wildman–Crippen LogP) is 1.39. The van der Waals surface area contributed by atoms with Gasteiger partial charge in [0, 0.05) is 37.5 Å². The molecule has 192 valence electrons. The summed E-state index contributed by atoms with van der Waals surface area (Å²) in [5.74, 6) is -1.60. The Hall–Kier alpha value is -1.75. The van der Waals surface area contributed by atoms with Gasteiger partial charge in [0.15, 0.2) is 6.29 Å². The maximum Gasteiger partial charge on any atom is 0.303 e. The van der Waals surface area contributed by atoms with Gasteiger partial charge in [-0.05, 0) is 6.54 Å². The first-order valence-electron chi connectivity index (χ1n) is 11.3. The van der Waals surface area contributed by atoms with Crippen molar-refractivity contribution in [1.82, 2.24) is 5.32 Å². The summed E-state index contributed by atoms with van der Waals surface area (Å²) in [5, 5.41) is 2.84. The van der Waals surface area contributed by atoms with Crippen molar-refractivity contribution in [3.05, 3.63) is 0 Å². The molecule has 1 rings (SSSR count). The van der Waals surface area contributed by atoms with Crippen molar-refractivity contribution in [1.29, 1.82) is 0 Å². The van der Waals surface area contributed by atoms with Crippen LogP contribution in [0.3, 0.4) is 0 Å². The van der Waals surface area contributed by atoms with Gasteiger partial charge in [-0.15, -0.1) is 0 Å². The molecule has 10 nitrogen and oxygen atoms in total. The minimum absolute atomic E-state index is 0.106. The summed E-state index contributed by atoms with van der Waals surface area (Å²) < 4.78 is 28.6. The molecule has 5 unspecified atom stereocenters. The van der Waals surface area contributed by atoms with Gasteiger partial charge in [-0.3, -0.25) is 14.4 Å². The zero-order valence-corrected chi connectivity index (χ0v) is 21.3. The van der Waals surface area contributed by atoms with Crippen LogP contribution in [0, 0.1) is 16.7 Å². The summed E-state index contributed by atoms with van der Waals surface area (Å²) in [6.07, 6.45) is -2.31. The molecule has 33 heavy (non-hydrogen) atoms. The largest absolute Gasteiger partial charge is 0.463 e. The number of carbonyl (C=O) groups is 3. The van der Waals surface area contributed by atoms with Crippen molar-refractivity contribution in [2.75, 3.05) is 33.0 Å². The summed E-state index contributed by atoms with van der Waals surface area (Å²) in [6, 6.07) is -0.576. The molecular weight excluding hydrogens is 432 g/mol. The van der Waals surface area contributed by atoms with Crippen LogP contribution >= 0.6 is 0 Å². The normalized spacial score (nSPS) is 25.9. The Morgan fingerprint density at radius 2 is 1.58 bits per heavy atom. The van der Waals surface area contributed by atoms with Crippen molar-refractivity contribution in [3.8, 4) is 0 Å². The first kappa shape index (κ1) is 29.3. The molecule has 1 heterocycles. The number of nitrogens with one attached hydrogen (secondary N) is 1. The van der Waals surface area contributed by atoms with Gasteiger partial charge in [0.1, 0.15) is 18.8 Å². The number of rotatable bonds is 12. The van der Waals surface area contributed by atoms with Gasteiger partial charge in [0.2, 0.25) is 5.91 Å². The van der Waals surface area contributed by atoms with Crippen molar-refractivity contribution >= 4 is 17.8 Å². The fourth-order valence-electron chi connectivity index (χ4n) is 3.42. The molecule has 0 aliphatic carbocycles. The number of amides is 1. The minimum atomic E-state index is -0.837. The van der Waals surface area contributed by atoms with Gasteiger partial charge >= 0.3 is 11.9 Å². The molecule has 1 fully saturated rings. The topological polar surface area (TPSA) is 135 Å². The molecule has 1 aliphatic rings. The molecule has 5 atom stereocenters. The van der Waals surface area contributed by atoms with Crippen molar-refractivity contribution in [2.24, 2.45) is 22.5 Å². The van der Waals surface area contributed by atoms with E-state index in [1.54, 1.807) is 0 Å². The zero-order valence-electron chi connectivity index (χ0n) is 21.3. The van der Waals surface area contributed by atoms with Gasteiger partial charge in [-0.2, -0.15) is 0 Å². The monoisotopic (exact) mass is 474 g/mol. The molecule has 0 aromatic heterocycles. The molecule has 0 bridgehead atoms. The molecule has 0 saturated carbocycles. The third kappa shape index (κ3) is 10.4. The molecule has 3 N–H and O–H groups in total. The van der Waals surface area contributed by atoms with Gasteiger partial charge in [0.05, 0.1) is 25.9 Å². The van der Waals surface area contributed by atoms with Gasteiger partial charge in [-0.25, -0.2) is 0 Å². The molecule has 0 aromatic rings. The first-order chi connectivity index (χ1) is 15.2. The van der Waals surface area contributed by atoms with E-state index in [0.29, 0.717) is 19.8 Å². The number of carbonyl (C=O) groups excluding carboxylic acids is 3. The Kier molecular flexibility index (Phi) is 11.2. The molecular formula is C23H42N2O8. The number of esters is 2. The van der Waals surface area contributed by atoms with E-state index < -0.39 is 36.5 Å². The Morgan fingerprint density at radius 1 is 0.970 bits per heavy atom. The fraction of sp³-hybridized carbons (Fsp3) is 0.870. The molecule has 0 spiro atoms. The van der Waals surface area contributed by atoms with E-state index in [2.05, 4.69) is 5.32 Å². The number of hydrogen-bond acceptors (Lipinski definition) is 9. The fourth-order valence-corrected chi connectivity index (χ4v) is 3.42. The lowest BCUT2D eigenvalue weighted by molar-refractivity contribution is -0.269. The predicted molar refractivity (Wildman–Crippen MR) is 121 cm³/mol. The van der Waals surface area contributed by atoms with Crippen LogP contribution in [0.5, 0.6) is 0 Å². The van der Waals surface area contributed by atoms with Crippen LogP contribution in [-0.4, -0.2) is 75.4 Å². The van der Waals surface area contributed by atoms with Crippen molar-refractivity contribution < 1.29 is 38.1 Å². The second-order valence-corrected chi connectivity index (χ2v) is 10.3. The number of hydrogen-bond donors (Lipinski definition) is 2. The quantitative estimate of drug-likeness (QED) is 0.402. The van der Waals surface area contributed by atoms with Crippen molar-refractivity contribution in [3.63, 3.8) is 0 Å². The average molecular weight is 475 g/mol. The summed E-state index contributed by atoms with van der Waals surface area (Å²) in [6.45, 7) is 15.5. The van der Waals surface area contributed by atoms with Crippen LogP contribution in [-0.2, 0) is 38.1 Å². The van der Waals surface area contributed by atoms with E-state index >= 15 is 0 Å². The van der Waals surface area contributed by atoms with Crippen LogP contribution in [0.15, 0.2) is 0 Å². The highest BCUT2D eigenvalue weighted by molar-refractivity contribution is 5.73. The second kappa shape index (κ2) is 12.6. The Bertz CT molecular complexity index is 665. The van der Waals surface area contributed by atoms with Crippen LogP contribution in [0.25, 0.3) is 0 Å². The minimum Gasteiger partial charge on any atom is -0.463 e. The Balaban J connectivity index is 2.93. The highest BCUT2D eigenvalue weighted by Gasteiger charge is 2.47. The second-order valence-electron chi connectivity index (χ2n) is 10.3. The molecule has 1 saturated heterocycles.